The van der Waals surface area contributed by atoms with E-state index in [4.69, 9.17) is 0 Å². The Kier molecular flexibility index (Phi) is 4.56. The molecule has 0 bridgehead atoms. The van der Waals surface area contributed by atoms with E-state index in [-0.39, 0.29) is 6.03 Å². The molecule has 2 N–H and O–H groups in total. The fourth-order valence-corrected chi connectivity index (χ4v) is 1.78. The third kappa shape index (κ3) is 3.99. The van der Waals surface area contributed by atoms with Crippen LogP contribution in [0.25, 0.3) is 6.08 Å². The molecule has 0 radical (unpaired) electrons. The number of aryl methyl sites for hydroxylation is 2. The van der Waals surface area contributed by atoms with E-state index in [2.05, 4.69) is 10.6 Å². The van der Waals surface area contributed by atoms with Crippen molar-refractivity contribution < 1.29 is 4.79 Å². The second kappa shape index (κ2) is 6.57. The zero-order valence-corrected chi connectivity index (χ0v) is 11.7. The Morgan fingerprint density at radius 1 is 1.00 bits per heavy atom. The van der Waals surface area contributed by atoms with Crippen LogP contribution in [-0.4, -0.2) is 6.03 Å². The maximum atomic E-state index is 11.7. The number of nitrogens with one attached hydrogen (secondary N) is 2. The number of carbonyl (C=O) groups excluding carboxylic acids is 1. The van der Waals surface area contributed by atoms with E-state index in [9.17, 15) is 4.79 Å². The Labute approximate surface area is 119 Å². The number of urea groups is 1. The number of hydrogen-bond donors (Lipinski definition) is 2. The van der Waals surface area contributed by atoms with Crippen LogP contribution in [0.2, 0.25) is 0 Å². The molecule has 0 fully saturated rings. The molecule has 0 aliphatic carbocycles. The molecule has 0 aromatic heterocycles. The first-order valence-corrected chi connectivity index (χ1v) is 6.51. The zero-order valence-electron chi connectivity index (χ0n) is 11.7. The van der Waals surface area contributed by atoms with Crippen LogP contribution in [-0.2, 0) is 0 Å². The van der Waals surface area contributed by atoms with Crippen LogP contribution in [0.3, 0.4) is 0 Å². The van der Waals surface area contributed by atoms with E-state index < -0.39 is 0 Å². The molecule has 2 aromatic carbocycles. The van der Waals surface area contributed by atoms with E-state index in [0.29, 0.717) is 0 Å². The van der Waals surface area contributed by atoms with Gasteiger partial charge in [0.25, 0.3) is 0 Å². The van der Waals surface area contributed by atoms with Crippen molar-refractivity contribution in [3.8, 4) is 0 Å². The van der Waals surface area contributed by atoms with Crippen molar-refractivity contribution in [3.63, 3.8) is 0 Å². The van der Waals surface area contributed by atoms with Crippen LogP contribution >= 0.6 is 0 Å². The number of anilines is 1. The third-order valence-corrected chi connectivity index (χ3v) is 2.98. The van der Waals surface area contributed by atoms with Gasteiger partial charge < -0.3 is 10.6 Å². The Morgan fingerprint density at radius 3 is 2.40 bits per heavy atom. The van der Waals surface area contributed by atoms with Crippen LogP contribution in [0.1, 0.15) is 16.7 Å². The van der Waals surface area contributed by atoms with Crippen molar-refractivity contribution >= 4 is 17.8 Å². The second-order valence-corrected chi connectivity index (χ2v) is 4.65. The molecule has 102 valence electrons. The van der Waals surface area contributed by atoms with E-state index in [1.165, 1.54) is 5.56 Å². The van der Waals surface area contributed by atoms with Crippen LogP contribution in [0.5, 0.6) is 0 Å². The summed E-state index contributed by atoms with van der Waals surface area (Å²) < 4.78 is 0. The van der Waals surface area contributed by atoms with Gasteiger partial charge in [0, 0.05) is 11.9 Å². The van der Waals surface area contributed by atoms with Gasteiger partial charge in [0.05, 0.1) is 0 Å². The van der Waals surface area contributed by atoms with Crippen molar-refractivity contribution in [2.75, 3.05) is 5.32 Å². The maximum absolute atomic E-state index is 11.7. The summed E-state index contributed by atoms with van der Waals surface area (Å²) in [5, 5.41) is 5.46. The predicted octanol–water partition coefficient (Wildman–Crippen LogP) is 4.10. The minimum absolute atomic E-state index is 0.251. The summed E-state index contributed by atoms with van der Waals surface area (Å²) in [5.41, 5.74) is 4.19. The van der Waals surface area contributed by atoms with Crippen LogP contribution < -0.4 is 10.6 Å². The minimum Gasteiger partial charge on any atom is -0.314 e. The largest absolute Gasteiger partial charge is 0.323 e. The van der Waals surface area contributed by atoms with Gasteiger partial charge in [-0.2, -0.15) is 0 Å². The topological polar surface area (TPSA) is 41.1 Å². The van der Waals surface area contributed by atoms with Crippen molar-refractivity contribution in [3.05, 3.63) is 71.4 Å². The fourth-order valence-electron chi connectivity index (χ4n) is 1.78. The highest BCUT2D eigenvalue weighted by molar-refractivity contribution is 5.90. The lowest BCUT2D eigenvalue weighted by atomic mass is 10.1. The molecule has 2 aromatic rings. The second-order valence-electron chi connectivity index (χ2n) is 4.65. The molecule has 0 unspecified atom stereocenters. The maximum Gasteiger partial charge on any atom is 0.323 e. The number of rotatable bonds is 3. The molecule has 0 saturated heterocycles. The first kappa shape index (κ1) is 13.9. The standard InChI is InChI=1S/C17H18N2O/c1-13-7-9-16(10-8-13)19-17(20)18-12-11-15-6-4-3-5-14(15)2/h3-12H,1-2H3,(H2,18,19,20)/b12-11+. The molecule has 0 aliphatic rings. The van der Waals surface area contributed by atoms with E-state index in [0.717, 1.165) is 16.8 Å². The highest BCUT2D eigenvalue weighted by Crippen LogP contribution is 2.09. The van der Waals surface area contributed by atoms with Crippen molar-refractivity contribution in [2.24, 2.45) is 0 Å². The summed E-state index contributed by atoms with van der Waals surface area (Å²) in [7, 11) is 0. The molecular weight excluding hydrogens is 248 g/mol. The van der Waals surface area contributed by atoms with Crippen LogP contribution in [0.4, 0.5) is 10.5 Å². The van der Waals surface area contributed by atoms with Gasteiger partial charge in [0.1, 0.15) is 0 Å². The number of benzene rings is 2. The first-order chi connectivity index (χ1) is 9.65. The Hall–Kier alpha value is -2.55. The van der Waals surface area contributed by atoms with Gasteiger partial charge in [-0.1, -0.05) is 42.0 Å². The zero-order chi connectivity index (χ0) is 14.4. The average molecular weight is 266 g/mol. The summed E-state index contributed by atoms with van der Waals surface area (Å²) in [4.78, 5) is 11.7. The van der Waals surface area contributed by atoms with Gasteiger partial charge in [0.2, 0.25) is 0 Å². The third-order valence-electron chi connectivity index (χ3n) is 2.98. The predicted molar refractivity (Wildman–Crippen MR) is 83.5 cm³/mol. The summed E-state index contributed by atoms with van der Waals surface area (Å²) >= 11 is 0. The molecule has 2 rings (SSSR count). The molecule has 0 spiro atoms. The number of amides is 2. The first-order valence-electron chi connectivity index (χ1n) is 6.51. The summed E-state index contributed by atoms with van der Waals surface area (Å²) in [6.45, 7) is 4.04. The van der Waals surface area contributed by atoms with Gasteiger partial charge in [-0.25, -0.2) is 4.79 Å². The van der Waals surface area contributed by atoms with Gasteiger partial charge in [-0.05, 0) is 43.2 Å². The Morgan fingerprint density at radius 2 is 1.70 bits per heavy atom. The van der Waals surface area contributed by atoms with Gasteiger partial charge >= 0.3 is 6.03 Å². The highest BCUT2D eigenvalue weighted by atomic mass is 16.2. The lowest BCUT2D eigenvalue weighted by molar-refractivity contribution is 0.255. The summed E-state index contributed by atoms with van der Waals surface area (Å²) in [6, 6.07) is 15.4. The number of carbonyl (C=O) groups is 1. The van der Waals surface area contributed by atoms with Crippen molar-refractivity contribution in [1.29, 1.82) is 0 Å². The molecule has 0 saturated carbocycles. The molecule has 0 aliphatic heterocycles. The lowest BCUT2D eigenvalue weighted by Gasteiger charge is -2.05. The lowest BCUT2D eigenvalue weighted by Crippen LogP contribution is -2.23. The fraction of sp³-hybridized carbons (Fsp3) is 0.118. The van der Waals surface area contributed by atoms with Gasteiger partial charge in [-0.3, -0.25) is 0 Å². The molecular formula is C17H18N2O. The number of hydrogen-bond acceptors (Lipinski definition) is 1. The van der Waals surface area contributed by atoms with Crippen molar-refractivity contribution in [1.82, 2.24) is 5.32 Å². The van der Waals surface area contributed by atoms with Crippen LogP contribution in [0, 0.1) is 13.8 Å². The van der Waals surface area contributed by atoms with Crippen molar-refractivity contribution in [2.45, 2.75) is 13.8 Å². The molecule has 3 heteroatoms. The monoisotopic (exact) mass is 266 g/mol. The van der Waals surface area contributed by atoms with Gasteiger partial charge in [0.15, 0.2) is 0 Å². The smallest absolute Gasteiger partial charge is 0.314 e. The Bertz CT molecular complexity index is 615. The highest BCUT2D eigenvalue weighted by Gasteiger charge is 1.98. The normalized spacial score (nSPS) is 10.5. The molecule has 20 heavy (non-hydrogen) atoms. The average Bonchev–Trinajstić information content (AvgIpc) is 2.43. The molecule has 0 heterocycles. The summed E-state index contributed by atoms with van der Waals surface area (Å²) in [5.74, 6) is 0. The summed E-state index contributed by atoms with van der Waals surface area (Å²) in [6.07, 6.45) is 3.52. The molecule has 0 atom stereocenters. The molecule has 3 nitrogen and oxygen atoms in total. The minimum atomic E-state index is -0.251. The van der Waals surface area contributed by atoms with Gasteiger partial charge in [-0.15, -0.1) is 0 Å². The Balaban J connectivity index is 1.89. The molecule has 2 amide bonds. The van der Waals surface area contributed by atoms with Crippen LogP contribution in [0.15, 0.2) is 54.7 Å². The van der Waals surface area contributed by atoms with E-state index in [1.54, 1.807) is 6.20 Å². The van der Waals surface area contributed by atoms with E-state index >= 15 is 0 Å². The quantitative estimate of drug-likeness (QED) is 0.863. The van der Waals surface area contributed by atoms with E-state index in [1.807, 2.05) is 68.5 Å². The SMILES string of the molecule is Cc1ccc(NC(=O)N/C=C/c2ccccc2C)cc1.